The van der Waals surface area contributed by atoms with Gasteiger partial charge in [-0.05, 0) is 97.6 Å². The predicted octanol–water partition coefficient (Wildman–Crippen LogP) is 11.0. The predicted molar refractivity (Wildman–Crippen MR) is 239 cm³/mol. The first-order valence-electron chi connectivity index (χ1n) is 21.9. The zero-order valence-corrected chi connectivity index (χ0v) is 38.0. The molecule has 0 saturated carbocycles. The van der Waals surface area contributed by atoms with Crippen molar-refractivity contribution in [3.63, 3.8) is 0 Å². The van der Waals surface area contributed by atoms with Crippen LogP contribution in [0.5, 0.6) is 5.75 Å². The lowest BCUT2D eigenvalue weighted by atomic mass is 9.85. The third-order valence-corrected chi connectivity index (χ3v) is 18.8. The summed E-state index contributed by atoms with van der Waals surface area (Å²) in [7, 11) is -1.89. The van der Waals surface area contributed by atoms with Crippen LogP contribution in [0.1, 0.15) is 141 Å². The van der Waals surface area contributed by atoms with Crippen LogP contribution in [-0.4, -0.2) is 63.3 Å². The summed E-state index contributed by atoms with van der Waals surface area (Å²) in [5.41, 5.74) is 7.49. The molecule has 7 rings (SSSR count). The van der Waals surface area contributed by atoms with Gasteiger partial charge in [0.2, 0.25) is 0 Å². The number of carbonyl (C=O) groups excluding carboxylic acids is 1. The van der Waals surface area contributed by atoms with E-state index in [0.717, 1.165) is 97.1 Å². The summed E-state index contributed by atoms with van der Waals surface area (Å²) < 4.78 is 17.6. The van der Waals surface area contributed by atoms with Gasteiger partial charge in [0.1, 0.15) is 17.7 Å². The number of hydrogen-bond donors (Lipinski definition) is 2. The highest BCUT2D eigenvalue weighted by atomic mass is 28.4. The number of aromatic nitrogens is 5. The van der Waals surface area contributed by atoms with Crippen molar-refractivity contribution in [3.8, 4) is 11.4 Å². The fraction of sp³-hybridized carbons (Fsp3) is 0.532. The molecule has 1 fully saturated rings. The minimum Gasteiger partial charge on any atom is -0.484 e. The molecular formula is C47H66N8O3Si. The van der Waals surface area contributed by atoms with Crippen molar-refractivity contribution < 1.29 is 14.0 Å². The highest BCUT2D eigenvalue weighted by Crippen LogP contribution is 2.43. The fourth-order valence-electron chi connectivity index (χ4n) is 9.81. The van der Waals surface area contributed by atoms with Crippen LogP contribution in [0.4, 0.5) is 10.6 Å². The highest BCUT2D eigenvalue weighted by molar-refractivity contribution is 6.77. The van der Waals surface area contributed by atoms with Crippen molar-refractivity contribution in [1.82, 2.24) is 34.6 Å². The van der Waals surface area contributed by atoms with Gasteiger partial charge in [-0.25, -0.2) is 9.48 Å². The van der Waals surface area contributed by atoms with Crippen LogP contribution in [0.25, 0.3) is 11.3 Å². The lowest BCUT2D eigenvalue weighted by Crippen LogP contribution is -2.48. The van der Waals surface area contributed by atoms with E-state index in [9.17, 15) is 4.79 Å². The van der Waals surface area contributed by atoms with Gasteiger partial charge in [0, 0.05) is 24.6 Å². The van der Waals surface area contributed by atoms with Crippen LogP contribution in [0.3, 0.4) is 0 Å². The number of pyridine rings is 1. The summed E-state index contributed by atoms with van der Waals surface area (Å²) >= 11 is 0. The Labute approximate surface area is 352 Å². The monoisotopic (exact) mass is 819 g/mol. The lowest BCUT2D eigenvalue weighted by molar-refractivity contribution is 0.171. The van der Waals surface area contributed by atoms with Gasteiger partial charge < -0.3 is 14.5 Å². The largest absolute Gasteiger partial charge is 0.484 e. The van der Waals surface area contributed by atoms with Crippen LogP contribution in [0, 0.1) is 6.92 Å². The maximum Gasteiger partial charge on any atom is 0.320 e. The van der Waals surface area contributed by atoms with Crippen molar-refractivity contribution in [2.75, 3.05) is 25.0 Å². The van der Waals surface area contributed by atoms with Gasteiger partial charge in [-0.2, -0.15) is 5.10 Å². The lowest BCUT2D eigenvalue weighted by Gasteiger charge is -2.42. The number of likely N-dealkylation sites (tertiary alicyclic amines) is 1. The second-order valence-corrected chi connectivity index (χ2v) is 24.2. The van der Waals surface area contributed by atoms with Gasteiger partial charge >= 0.3 is 6.03 Å². The van der Waals surface area contributed by atoms with Crippen molar-refractivity contribution in [1.29, 1.82) is 0 Å². The molecule has 316 valence electrons. The van der Waals surface area contributed by atoms with E-state index < -0.39 is 8.32 Å². The molecule has 12 heteroatoms. The normalized spacial score (nSPS) is 18.9. The number of urea groups is 1. The first-order chi connectivity index (χ1) is 28.1. The Hall–Kier alpha value is -4.52. The zero-order chi connectivity index (χ0) is 42.1. The zero-order valence-electron chi connectivity index (χ0n) is 37.0. The third kappa shape index (κ3) is 9.00. The summed E-state index contributed by atoms with van der Waals surface area (Å²) in [5, 5.41) is 20.6. The average Bonchev–Trinajstić information content (AvgIpc) is 3.94. The third-order valence-electron chi connectivity index (χ3n) is 12.7. The number of rotatable bonds is 14. The van der Waals surface area contributed by atoms with E-state index in [1.54, 1.807) is 0 Å². The Bertz CT molecular complexity index is 2180. The van der Waals surface area contributed by atoms with Gasteiger partial charge in [0.05, 0.1) is 29.7 Å². The van der Waals surface area contributed by atoms with Crippen LogP contribution >= 0.6 is 0 Å². The van der Waals surface area contributed by atoms with Gasteiger partial charge in [0.15, 0.2) is 19.8 Å². The summed E-state index contributed by atoms with van der Waals surface area (Å²) in [5.74, 6) is 2.37. The second kappa shape index (κ2) is 17.6. The molecule has 2 N–H and O–H groups in total. The number of aryl methyl sites for hydroxylation is 1. The van der Waals surface area contributed by atoms with Crippen molar-refractivity contribution in [2.45, 2.75) is 142 Å². The van der Waals surface area contributed by atoms with E-state index in [-0.39, 0.29) is 29.6 Å². The van der Waals surface area contributed by atoms with Gasteiger partial charge in [-0.1, -0.05) is 104 Å². The van der Waals surface area contributed by atoms with Gasteiger partial charge in [-0.15, -0.1) is 10.2 Å². The molecule has 3 aromatic heterocycles. The maximum atomic E-state index is 13.7. The fourth-order valence-corrected chi connectivity index (χ4v) is 15.3. The molecule has 0 spiro atoms. The van der Waals surface area contributed by atoms with E-state index >= 15 is 0 Å². The first-order valence-corrected chi connectivity index (χ1v) is 24.0. The van der Waals surface area contributed by atoms with E-state index in [4.69, 9.17) is 19.4 Å². The molecule has 4 heterocycles. The number of fused-ring (bicyclic) bond motifs is 2. The molecule has 0 radical (unpaired) electrons. The van der Waals surface area contributed by atoms with Gasteiger partial charge in [-0.3, -0.25) is 14.6 Å². The molecule has 1 aliphatic heterocycles. The Kier molecular flexibility index (Phi) is 12.7. The summed E-state index contributed by atoms with van der Waals surface area (Å²) in [6.07, 6.45) is 6.58. The average molecular weight is 819 g/mol. The van der Waals surface area contributed by atoms with Crippen LogP contribution in [0.15, 0.2) is 72.9 Å². The molecule has 3 atom stereocenters. The van der Waals surface area contributed by atoms with Crippen molar-refractivity contribution in [3.05, 3.63) is 101 Å². The topological polar surface area (TPSA) is 111 Å². The molecule has 2 amide bonds. The Morgan fingerprint density at radius 2 is 1.61 bits per heavy atom. The molecule has 5 aromatic rings. The molecule has 11 nitrogen and oxygen atoms in total. The van der Waals surface area contributed by atoms with Gasteiger partial charge in [0.25, 0.3) is 0 Å². The van der Waals surface area contributed by atoms with E-state index in [1.807, 2.05) is 47.1 Å². The highest BCUT2D eigenvalue weighted by Gasteiger charge is 2.45. The van der Waals surface area contributed by atoms with Crippen LogP contribution in [-0.2, 0) is 9.84 Å². The quantitative estimate of drug-likeness (QED) is 0.0848. The molecular weight excluding hydrogens is 753 g/mol. The number of ether oxygens (including phenoxy) is 1. The number of benzene rings is 2. The van der Waals surface area contributed by atoms with E-state index in [0.29, 0.717) is 22.4 Å². The summed E-state index contributed by atoms with van der Waals surface area (Å²) in [4.78, 5) is 16.3. The minimum absolute atomic E-state index is 0.164. The summed E-state index contributed by atoms with van der Waals surface area (Å²) in [6, 6.07) is 22.2. The Morgan fingerprint density at radius 1 is 0.898 bits per heavy atom. The Morgan fingerprint density at radius 3 is 2.31 bits per heavy atom. The van der Waals surface area contributed by atoms with Crippen LogP contribution < -0.4 is 15.4 Å². The van der Waals surface area contributed by atoms with Crippen molar-refractivity contribution in [2.24, 2.45) is 0 Å². The number of amides is 2. The standard InChI is InChI=1S/C47H66N8O3Si/c1-31(2)59(32(3)4,33(5)6)57-28-14-27-53-26-13-17-40(53)45-51-50-43-25-22-36(30-54(43)45)58-41-24-23-39(37-15-11-12-16-38(37)41)48-46(56)49-44-29-42(47(8,9)10)52-55(44)35-20-18-34(7)19-21-35/h11-12,15-16,18-22,25,29-33,39-41H,13-14,17,23-24,26-28H2,1-10H3,(H2,48,49,56)/t39-,40-,41+/m0/s1. The number of nitrogens with zero attached hydrogens (tertiary/aromatic N) is 6. The Balaban J connectivity index is 1.02. The van der Waals surface area contributed by atoms with Crippen LogP contribution in [0.2, 0.25) is 16.6 Å². The van der Waals surface area contributed by atoms with E-state index in [2.05, 4.69) is 125 Å². The smallest absolute Gasteiger partial charge is 0.320 e. The minimum atomic E-state index is -1.89. The molecule has 1 saturated heterocycles. The van der Waals surface area contributed by atoms with Crippen molar-refractivity contribution >= 4 is 25.8 Å². The SMILES string of the molecule is Cc1ccc(-n2nc(C(C)(C)C)cc2NC(=O)N[C@H]2CC[C@@H](Oc3ccc4nnc([C@@H]5CCCN5CCCO[Si](C(C)C)(C(C)C)C(C)C)n4c3)c3ccccc32)cc1. The number of carbonyl (C=O) groups is 1. The van der Waals surface area contributed by atoms with E-state index in [1.165, 1.54) is 0 Å². The molecule has 59 heavy (non-hydrogen) atoms. The summed E-state index contributed by atoms with van der Waals surface area (Å²) in [6.45, 7) is 25.4. The molecule has 2 aliphatic rings. The number of hydrogen-bond acceptors (Lipinski definition) is 7. The maximum absolute atomic E-state index is 13.7. The molecule has 1 aliphatic carbocycles. The second-order valence-electron chi connectivity index (χ2n) is 18.7. The molecule has 2 aromatic carbocycles. The molecule has 0 unspecified atom stereocenters. The number of anilines is 1. The molecule has 0 bridgehead atoms. The number of nitrogens with one attached hydrogen (secondary N) is 2. The first kappa shape index (κ1) is 42.6.